The molecule has 1 amide bonds. The van der Waals surface area contributed by atoms with Crippen LogP contribution in [-0.2, 0) is 14.8 Å². The molecule has 3 rings (SSSR count). The van der Waals surface area contributed by atoms with Crippen molar-refractivity contribution in [2.24, 2.45) is 0 Å². The van der Waals surface area contributed by atoms with Gasteiger partial charge in [0.05, 0.1) is 12.0 Å². The number of carbonyl (C=O) groups is 1. The summed E-state index contributed by atoms with van der Waals surface area (Å²) in [7, 11) is -2.17. The highest BCUT2D eigenvalue weighted by Gasteiger charge is 2.35. The monoisotopic (exact) mass is 360 g/mol. The summed E-state index contributed by atoms with van der Waals surface area (Å²) >= 11 is 0. The Hall–Kier alpha value is -2.38. The summed E-state index contributed by atoms with van der Waals surface area (Å²) in [5, 5.41) is 0. The minimum Gasteiger partial charge on any atom is -0.497 e. The number of nitrogens with one attached hydrogen (secondary N) is 1. The van der Waals surface area contributed by atoms with E-state index in [0.29, 0.717) is 24.3 Å². The zero-order valence-corrected chi connectivity index (χ0v) is 14.9. The Kier molecular flexibility index (Phi) is 4.78. The molecular weight excluding hydrogens is 340 g/mol. The third-order valence-electron chi connectivity index (χ3n) is 4.27. The molecule has 7 heteroatoms. The van der Waals surface area contributed by atoms with Crippen molar-refractivity contribution in [2.45, 2.75) is 24.3 Å². The summed E-state index contributed by atoms with van der Waals surface area (Å²) in [5.74, 6) is 0.453. The first-order valence-electron chi connectivity index (χ1n) is 7.96. The van der Waals surface area contributed by atoms with E-state index in [2.05, 4.69) is 4.72 Å². The number of nitrogens with zero attached hydrogens (tertiary/aromatic N) is 1. The van der Waals surface area contributed by atoms with Gasteiger partial charge in [-0.15, -0.1) is 0 Å². The van der Waals surface area contributed by atoms with Gasteiger partial charge in [-0.3, -0.25) is 4.79 Å². The Balaban J connectivity index is 1.77. The van der Waals surface area contributed by atoms with Gasteiger partial charge in [0.1, 0.15) is 11.8 Å². The summed E-state index contributed by atoms with van der Waals surface area (Å²) in [6.45, 7) is 2.20. The van der Waals surface area contributed by atoms with Gasteiger partial charge in [-0.05, 0) is 49.2 Å². The van der Waals surface area contributed by atoms with Crippen molar-refractivity contribution in [1.29, 1.82) is 0 Å². The molecule has 6 nitrogen and oxygen atoms in total. The van der Waals surface area contributed by atoms with Crippen LogP contribution in [0.2, 0.25) is 0 Å². The van der Waals surface area contributed by atoms with E-state index in [1.165, 1.54) is 0 Å². The van der Waals surface area contributed by atoms with E-state index in [-0.39, 0.29) is 10.8 Å². The lowest BCUT2D eigenvalue weighted by atomic mass is 10.2. The number of amides is 1. The third-order valence-corrected chi connectivity index (χ3v) is 5.90. The second kappa shape index (κ2) is 6.85. The number of anilines is 1. The zero-order valence-electron chi connectivity index (χ0n) is 14.1. The lowest BCUT2D eigenvalue weighted by Crippen LogP contribution is -2.41. The topological polar surface area (TPSA) is 75.7 Å². The van der Waals surface area contributed by atoms with Gasteiger partial charge in [0.25, 0.3) is 0 Å². The number of sulfonamides is 1. The highest BCUT2D eigenvalue weighted by molar-refractivity contribution is 7.89. The smallest absolute Gasteiger partial charge is 0.245 e. The number of hydrogen-bond acceptors (Lipinski definition) is 4. The molecule has 1 aliphatic rings. The maximum Gasteiger partial charge on any atom is 0.245 e. The molecule has 0 unspecified atom stereocenters. The van der Waals surface area contributed by atoms with Crippen molar-refractivity contribution in [2.75, 3.05) is 18.6 Å². The molecule has 0 radical (unpaired) electrons. The van der Waals surface area contributed by atoms with Gasteiger partial charge < -0.3 is 9.64 Å². The van der Waals surface area contributed by atoms with Gasteiger partial charge in [0.2, 0.25) is 15.9 Å². The Morgan fingerprint density at radius 2 is 1.80 bits per heavy atom. The first-order chi connectivity index (χ1) is 11.9. The molecule has 2 aromatic carbocycles. The predicted molar refractivity (Wildman–Crippen MR) is 95.3 cm³/mol. The van der Waals surface area contributed by atoms with Crippen LogP contribution in [0.25, 0.3) is 0 Å². The van der Waals surface area contributed by atoms with E-state index >= 15 is 0 Å². The number of aryl methyl sites for hydroxylation is 1. The summed E-state index contributed by atoms with van der Waals surface area (Å²) in [6.07, 6.45) is 0.427. The molecule has 1 saturated heterocycles. The maximum atomic E-state index is 12.6. The number of benzene rings is 2. The van der Waals surface area contributed by atoms with Crippen LogP contribution < -0.4 is 14.4 Å². The van der Waals surface area contributed by atoms with E-state index in [1.54, 1.807) is 67.5 Å². The van der Waals surface area contributed by atoms with E-state index < -0.39 is 16.1 Å². The summed E-state index contributed by atoms with van der Waals surface area (Å²) in [4.78, 5) is 14.4. The average molecular weight is 360 g/mol. The molecule has 0 aliphatic carbocycles. The van der Waals surface area contributed by atoms with Crippen LogP contribution in [0.15, 0.2) is 53.4 Å². The Labute approximate surface area is 147 Å². The largest absolute Gasteiger partial charge is 0.497 e. The number of methoxy groups -OCH3 is 1. The molecule has 1 heterocycles. The van der Waals surface area contributed by atoms with Crippen LogP contribution >= 0.6 is 0 Å². The summed E-state index contributed by atoms with van der Waals surface area (Å²) in [6, 6.07) is 13.1. The molecule has 1 N–H and O–H groups in total. The van der Waals surface area contributed by atoms with Crippen molar-refractivity contribution in [3.05, 3.63) is 54.1 Å². The van der Waals surface area contributed by atoms with Crippen molar-refractivity contribution in [1.82, 2.24) is 4.72 Å². The molecule has 0 bridgehead atoms. The van der Waals surface area contributed by atoms with Gasteiger partial charge in [0.15, 0.2) is 0 Å². The molecule has 0 aromatic heterocycles. The first-order valence-corrected chi connectivity index (χ1v) is 9.44. The average Bonchev–Trinajstić information content (AvgIpc) is 2.95. The highest BCUT2D eigenvalue weighted by Crippen LogP contribution is 2.25. The molecule has 132 valence electrons. The van der Waals surface area contributed by atoms with E-state index in [4.69, 9.17) is 4.74 Å². The fourth-order valence-electron chi connectivity index (χ4n) is 2.92. The molecule has 25 heavy (non-hydrogen) atoms. The standard InChI is InChI=1S/C18H20N2O4S/c1-13-5-3-4-6-17(13)25(22,23)19-16-11-12-20(18(16)21)14-7-9-15(24-2)10-8-14/h3-10,16,19H,11-12H2,1-2H3/t16-/m0/s1. The van der Waals surface area contributed by atoms with Gasteiger partial charge in [0, 0.05) is 12.2 Å². The SMILES string of the molecule is COc1ccc(N2CC[C@H](NS(=O)(=O)c3ccccc3C)C2=O)cc1. The van der Waals surface area contributed by atoms with Crippen molar-refractivity contribution in [3.8, 4) is 5.75 Å². The lowest BCUT2D eigenvalue weighted by Gasteiger charge is -2.18. The molecular formula is C18H20N2O4S. The van der Waals surface area contributed by atoms with Crippen LogP contribution in [0, 0.1) is 6.92 Å². The van der Waals surface area contributed by atoms with Gasteiger partial charge >= 0.3 is 0 Å². The lowest BCUT2D eigenvalue weighted by molar-refractivity contribution is -0.118. The second-order valence-corrected chi connectivity index (χ2v) is 7.60. The zero-order chi connectivity index (χ0) is 18.0. The normalized spacial score (nSPS) is 17.8. The number of ether oxygens (including phenoxy) is 1. The molecule has 1 aliphatic heterocycles. The fraction of sp³-hybridized carbons (Fsp3) is 0.278. The van der Waals surface area contributed by atoms with Gasteiger partial charge in [-0.2, -0.15) is 4.72 Å². The van der Waals surface area contributed by atoms with Crippen LogP contribution in [-0.4, -0.2) is 34.0 Å². The van der Waals surface area contributed by atoms with E-state index in [0.717, 1.165) is 5.69 Å². The van der Waals surface area contributed by atoms with Crippen LogP contribution in [0.3, 0.4) is 0 Å². The Morgan fingerprint density at radius 3 is 2.44 bits per heavy atom. The Morgan fingerprint density at radius 1 is 1.12 bits per heavy atom. The highest BCUT2D eigenvalue weighted by atomic mass is 32.2. The molecule has 2 aromatic rings. The molecule has 0 saturated carbocycles. The van der Waals surface area contributed by atoms with Crippen LogP contribution in [0.1, 0.15) is 12.0 Å². The first kappa shape index (κ1) is 17.4. The van der Waals surface area contributed by atoms with Crippen LogP contribution in [0.5, 0.6) is 5.75 Å². The van der Waals surface area contributed by atoms with Gasteiger partial charge in [-0.25, -0.2) is 8.42 Å². The maximum absolute atomic E-state index is 12.6. The third kappa shape index (κ3) is 3.52. The Bertz CT molecular complexity index is 878. The van der Waals surface area contributed by atoms with E-state index in [1.807, 2.05) is 0 Å². The predicted octanol–water partition coefficient (Wildman–Crippen LogP) is 2.09. The number of rotatable bonds is 5. The van der Waals surface area contributed by atoms with E-state index in [9.17, 15) is 13.2 Å². The number of carbonyl (C=O) groups excluding carboxylic acids is 1. The minimum atomic E-state index is -3.74. The van der Waals surface area contributed by atoms with Crippen molar-refractivity contribution >= 4 is 21.6 Å². The van der Waals surface area contributed by atoms with Gasteiger partial charge in [-0.1, -0.05) is 18.2 Å². The van der Waals surface area contributed by atoms with Crippen molar-refractivity contribution in [3.63, 3.8) is 0 Å². The second-order valence-electron chi connectivity index (χ2n) is 5.92. The quantitative estimate of drug-likeness (QED) is 0.886. The minimum absolute atomic E-state index is 0.200. The summed E-state index contributed by atoms with van der Waals surface area (Å²) in [5.41, 5.74) is 1.37. The molecule has 0 spiro atoms. The van der Waals surface area contributed by atoms with Crippen LogP contribution in [0.4, 0.5) is 5.69 Å². The molecule has 1 atom stereocenters. The fourth-order valence-corrected chi connectivity index (χ4v) is 4.39. The molecule has 1 fully saturated rings. The van der Waals surface area contributed by atoms with Crippen molar-refractivity contribution < 1.29 is 17.9 Å². The summed E-state index contributed by atoms with van der Waals surface area (Å²) < 4.78 is 32.8. The number of hydrogen-bond donors (Lipinski definition) is 1.